The highest BCUT2D eigenvalue weighted by molar-refractivity contribution is 5.66. The number of esters is 1. The molecule has 1 rings (SSSR count). The highest BCUT2D eigenvalue weighted by Gasteiger charge is 2.38. The molecule has 0 aliphatic carbocycles. The molecule has 0 aromatic rings. The molecular formula is C15H29NO2. The van der Waals surface area contributed by atoms with E-state index in [1.165, 1.54) is 6.92 Å². The minimum absolute atomic E-state index is 0.0414. The molecule has 0 saturated carbocycles. The molecule has 3 nitrogen and oxygen atoms in total. The summed E-state index contributed by atoms with van der Waals surface area (Å²) >= 11 is 0. The van der Waals surface area contributed by atoms with Gasteiger partial charge in [0, 0.05) is 25.6 Å². The molecule has 18 heavy (non-hydrogen) atoms. The zero-order valence-electron chi connectivity index (χ0n) is 13.0. The van der Waals surface area contributed by atoms with Crippen molar-refractivity contribution >= 4 is 5.97 Å². The lowest BCUT2D eigenvalue weighted by Gasteiger charge is -2.47. The third-order valence-electron chi connectivity index (χ3n) is 3.92. The summed E-state index contributed by atoms with van der Waals surface area (Å²) in [6.07, 6.45) is 1.02. The SMILES string of the molecule is CC(=O)OC1CC(C(C)(C)C)CN(C(C)(C)C)C1. The van der Waals surface area contributed by atoms with Gasteiger partial charge in [-0.1, -0.05) is 20.8 Å². The van der Waals surface area contributed by atoms with Crippen molar-refractivity contribution in [2.24, 2.45) is 11.3 Å². The van der Waals surface area contributed by atoms with Crippen LogP contribution in [-0.2, 0) is 9.53 Å². The van der Waals surface area contributed by atoms with E-state index in [2.05, 4.69) is 46.4 Å². The zero-order valence-corrected chi connectivity index (χ0v) is 13.0. The van der Waals surface area contributed by atoms with Gasteiger partial charge in [-0.2, -0.15) is 0 Å². The fraction of sp³-hybridized carbons (Fsp3) is 0.933. The van der Waals surface area contributed by atoms with Gasteiger partial charge in [0.25, 0.3) is 0 Å². The quantitative estimate of drug-likeness (QED) is 0.674. The Morgan fingerprint density at radius 1 is 1.11 bits per heavy atom. The van der Waals surface area contributed by atoms with Crippen molar-refractivity contribution in [2.45, 2.75) is 66.5 Å². The van der Waals surface area contributed by atoms with Crippen LogP contribution >= 0.6 is 0 Å². The molecule has 1 aliphatic rings. The molecule has 1 aliphatic heterocycles. The molecule has 0 bridgehead atoms. The molecule has 1 saturated heterocycles. The maximum absolute atomic E-state index is 11.2. The number of rotatable bonds is 1. The smallest absolute Gasteiger partial charge is 0.302 e. The fourth-order valence-corrected chi connectivity index (χ4v) is 2.55. The van der Waals surface area contributed by atoms with E-state index in [1.54, 1.807) is 0 Å². The maximum atomic E-state index is 11.2. The summed E-state index contributed by atoms with van der Waals surface area (Å²) in [5, 5.41) is 0. The first-order valence-electron chi connectivity index (χ1n) is 6.92. The summed E-state index contributed by atoms with van der Waals surface area (Å²) in [6.45, 7) is 16.9. The van der Waals surface area contributed by atoms with Gasteiger partial charge in [-0.25, -0.2) is 0 Å². The van der Waals surface area contributed by atoms with Gasteiger partial charge in [-0.05, 0) is 38.5 Å². The molecule has 1 heterocycles. The summed E-state index contributed by atoms with van der Waals surface area (Å²) in [5.41, 5.74) is 0.380. The standard InChI is InChI=1S/C15H29NO2/c1-11(17)18-13-8-12(14(2,3)4)9-16(10-13)15(5,6)7/h12-13H,8-10H2,1-7H3. The van der Waals surface area contributed by atoms with Crippen LogP contribution < -0.4 is 0 Å². The van der Waals surface area contributed by atoms with Crippen LogP contribution in [0.4, 0.5) is 0 Å². The predicted octanol–water partition coefficient (Wildman–Crippen LogP) is 3.08. The number of hydrogen-bond acceptors (Lipinski definition) is 3. The van der Waals surface area contributed by atoms with Crippen molar-refractivity contribution < 1.29 is 9.53 Å². The Morgan fingerprint density at radius 3 is 2.06 bits per heavy atom. The molecule has 3 heteroatoms. The summed E-state index contributed by atoms with van der Waals surface area (Å²) in [7, 11) is 0. The first-order chi connectivity index (χ1) is 8.00. The number of nitrogens with zero attached hydrogens (tertiary/aromatic N) is 1. The Labute approximate surface area is 112 Å². The molecule has 0 amide bonds. The van der Waals surface area contributed by atoms with Crippen molar-refractivity contribution in [1.82, 2.24) is 4.90 Å². The second kappa shape index (κ2) is 5.20. The Bertz CT molecular complexity index is 277. The van der Waals surface area contributed by atoms with Gasteiger partial charge in [0.1, 0.15) is 6.10 Å². The van der Waals surface area contributed by atoms with Crippen molar-refractivity contribution in [2.75, 3.05) is 13.1 Å². The molecule has 106 valence electrons. The first-order valence-corrected chi connectivity index (χ1v) is 6.92. The van der Waals surface area contributed by atoms with E-state index < -0.39 is 0 Å². The monoisotopic (exact) mass is 255 g/mol. The summed E-state index contributed by atoms with van der Waals surface area (Å²) < 4.78 is 5.46. The number of hydrogen-bond donors (Lipinski definition) is 0. The zero-order chi connectivity index (χ0) is 14.1. The molecular weight excluding hydrogens is 226 g/mol. The van der Waals surface area contributed by atoms with E-state index in [0.717, 1.165) is 19.5 Å². The van der Waals surface area contributed by atoms with E-state index in [0.29, 0.717) is 5.92 Å². The third-order valence-corrected chi connectivity index (χ3v) is 3.92. The van der Waals surface area contributed by atoms with Crippen LogP contribution in [0.25, 0.3) is 0 Å². The van der Waals surface area contributed by atoms with E-state index in [-0.39, 0.29) is 23.0 Å². The maximum Gasteiger partial charge on any atom is 0.302 e. The number of piperidine rings is 1. The fourth-order valence-electron chi connectivity index (χ4n) is 2.55. The molecule has 0 spiro atoms. The lowest BCUT2D eigenvalue weighted by atomic mass is 9.74. The van der Waals surface area contributed by atoms with Gasteiger partial charge >= 0.3 is 5.97 Å². The number of carbonyl (C=O) groups excluding carboxylic acids is 1. The molecule has 0 aromatic heterocycles. The second-order valence-electron chi connectivity index (χ2n) is 7.61. The average molecular weight is 255 g/mol. The van der Waals surface area contributed by atoms with E-state index in [4.69, 9.17) is 4.74 Å². The summed E-state index contributed by atoms with van der Waals surface area (Å²) in [5.74, 6) is 0.401. The van der Waals surface area contributed by atoms with Crippen LogP contribution in [-0.4, -0.2) is 35.6 Å². The molecule has 1 fully saturated rings. The van der Waals surface area contributed by atoms with Gasteiger partial charge in [-0.3, -0.25) is 9.69 Å². The van der Waals surface area contributed by atoms with Crippen LogP contribution in [0.3, 0.4) is 0 Å². The molecule has 0 N–H and O–H groups in total. The van der Waals surface area contributed by atoms with Gasteiger partial charge < -0.3 is 4.74 Å². The van der Waals surface area contributed by atoms with E-state index in [1.807, 2.05) is 0 Å². The molecule has 0 radical (unpaired) electrons. The van der Waals surface area contributed by atoms with Crippen LogP contribution in [0.15, 0.2) is 0 Å². The van der Waals surface area contributed by atoms with E-state index in [9.17, 15) is 4.79 Å². The highest BCUT2D eigenvalue weighted by Crippen LogP contribution is 2.36. The van der Waals surface area contributed by atoms with Crippen LogP contribution in [0.5, 0.6) is 0 Å². The largest absolute Gasteiger partial charge is 0.461 e. The Morgan fingerprint density at radius 2 is 1.67 bits per heavy atom. The minimum atomic E-state index is -0.164. The topological polar surface area (TPSA) is 29.5 Å². The van der Waals surface area contributed by atoms with Gasteiger partial charge in [0.2, 0.25) is 0 Å². The number of likely N-dealkylation sites (tertiary alicyclic amines) is 1. The van der Waals surface area contributed by atoms with Crippen LogP contribution in [0.1, 0.15) is 54.9 Å². The normalized spacial score (nSPS) is 27.1. The molecule has 2 unspecified atom stereocenters. The summed E-state index contributed by atoms with van der Waals surface area (Å²) in [6, 6.07) is 0. The van der Waals surface area contributed by atoms with Crippen molar-refractivity contribution in [1.29, 1.82) is 0 Å². The Hall–Kier alpha value is -0.570. The minimum Gasteiger partial charge on any atom is -0.461 e. The highest BCUT2D eigenvalue weighted by atomic mass is 16.5. The third kappa shape index (κ3) is 4.27. The average Bonchev–Trinajstić information content (AvgIpc) is 2.13. The van der Waals surface area contributed by atoms with E-state index >= 15 is 0 Å². The summed E-state index contributed by atoms with van der Waals surface area (Å²) in [4.78, 5) is 13.6. The molecule has 2 atom stereocenters. The van der Waals surface area contributed by atoms with Gasteiger partial charge in [0.15, 0.2) is 0 Å². The predicted molar refractivity (Wildman–Crippen MR) is 74.4 cm³/mol. The second-order valence-corrected chi connectivity index (χ2v) is 7.61. The van der Waals surface area contributed by atoms with Crippen molar-refractivity contribution in [3.8, 4) is 0 Å². The molecule has 0 aromatic carbocycles. The van der Waals surface area contributed by atoms with Crippen molar-refractivity contribution in [3.63, 3.8) is 0 Å². The lowest BCUT2D eigenvalue weighted by molar-refractivity contribution is -0.153. The van der Waals surface area contributed by atoms with Gasteiger partial charge in [0.05, 0.1) is 0 Å². The van der Waals surface area contributed by atoms with Crippen LogP contribution in [0, 0.1) is 11.3 Å². The Kier molecular flexibility index (Phi) is 4.47. The first kappa shape index (κ1) is 15.5. The number of carbonyl (C=O) groups is 1. The van der Waals surface area contributed by atoms with Crippen LogP contribution in [0.2, 0.25) is 0 Å². The lowest BCUT2D eigenvalue weighted by Crippen LogP contribution is -2.54. The Balaban J connectivity index is 2.82. The van der Waals surface area contributed by atoms with Gasteiger partial charge in [-0.15, -0.1) is 0 Å². The van der Waals surface area contributed by atoms with Crippen molar-refractivity contribution in [3.05, 3.63) is 0 Å². The number of ether oxygens (including phenoxy) is 1.